The van der Waals surface area contributed by atoms with Crippen molar-refractivity contribution in [3.63, 3.8) is 0 Å². The van der Waals surface area contributed by atoms with E-state index < -0.39 is 0 Å². The number of anilines is 1. The summed E-state index contributed by atoms with van der Waals surface area (Å²) in [6, 6.07) is 5.71. The minimum absolute atomic E-state index is 0.00206. The minimum atomic E-state index is -0.00206. The summed E-state index contributed by atoms with van der Waals surface area (Å²) in [5.41, 5.74) is 4.35. The van der Waals surface area contributed by atoms with Crippen LogP contribution in [0.4, 0.5) is 5.69 Å². The Labute approximate surface area is 112 Å². The maximum Gasteiger partial charge on any atom is 0.210 e. The van der Waals surface area contributed by atoms with Crippen LogP contribution in [0.3, 0.4) is 0 Å². The molecule has 0 saturated heterocycles. The molecule has 0 fully saturated rings. The molecule has 6 heteroatoms. The Morgan fingerprint density at radius 1 is 1.56 bits per heavy atom. The normalized spacial score (nSPS) is 13.3. The van der Waals surface area contributed by atoms with Gasteiger partial charge in [-0.15, -0.1) is 0 Å². The van der Waals surface area contributed by atoms with Crippen LogP contribution in [0.25, 0.3) is 0 Å². The summed E-state index contributed by atoms with van der Waals surface area (Å²) >= 11 is 6.12. The lowest BCUT2D eigenvalue weighted by Crippen LogP contribution is -2.37. The van der Waals surface area contributed by atoms with Gasteiger partial charge in [-0.05, 0) is 31.5 Å². The van der Waals surface area contributed by atoms with Gasteiger partial charge in [-0.3, -0.25) is 5.43 Å². The largest absolute Gasteiger partial charge is 0.382 e. The third-order valence-electron chi connectivity index (χ3n) is 2.27. The highest BCUT2D eigenvalue weighted by Gasteiger charge is 2.05. The molecule has 0 amide bonds. The number of nitrogens with two attached hydrogens (primary N) is 1. The third kappa shape index (κ3) is 4.52. The van der Waals surface area contributed by atoms with E-state index in [-0.39, 0.29) is 6.04 Å². The van der Waals surface area contributed by atoms with Crippen LogP contribution < -0.4 is 16.6 Å². The van der Waals surface area contributed by atoms with Gasteiger partial charge in [0.25, 0.3) is 0 Å². The summed E-state index contributed by atoms with van der Waals surface area (Å²) in [5, 5.41) is 3.66. The van der Waals surface area contributed by atoms with Crippen molar-refractivity contribution < 1.29 is 4.74 Å². The Balaban J connectivity index is 2.79. The summed E-state index contributed by atoms with van der Waals surface area (Å²) < 4.78 is 5.01. The molecule has 0 bridgehead atoms. The highest BCUT2D eigenvalue weighted by molar-refractivity contribution is 6.33. The molecule has 0 heterocycles. The van der Waals surface area contributed by atoms with Crippen molar-refractivity contribution in [2.24, 2.45) is 10.8 Å². The van der Waals surface area contributed by atoms with E-state index in [1.54, 1.807) is 7.11 Å². The van der Waals surface area contributed by atoms with Gasteiger partial charge >= 0.3 is 0 Å². The van der Waals surface area contributed by atoms with E-state index in [1.165, 1.54) is 0 Å². The maximum atomic E-state index is 6.12. The number of rotatable bonds is 4. The van der Waals surface area contributed by atoms with E-state index in [1.807, 2.05) is 32.0 Å². The standard InChI is InChI=1S/C12H19ClN4O/c1-8-4-5-11(10(13)6-8)16-12(17-14)15-9(2)7-18-3/h4-6,9H,7,14H2,1-3H3,(H2,15,16,17). The predicted molar refractivity (Wildman–Crippen MR) is 75.9 cm³/mol. The number of aryl methyl sites for hydroxylation is 1. The summed E-state index contributed by atoms with van der Waals surface area (Å²) in [5.74, 6) is 5.87. The first-order valence-electron chi connectivity index (χ1n) is 5.63. The van der Waals surface area contributed by atoms with Gasteiger partial charge in [0, 0.05) is 7.11 Å². The molecule has 100 valence electrons. The van der Waals surface area contributed by atoms with Crippen LogP contribution in [0.2, 0.25) is 5.02 Å². The second-order valence-electron chi connectivity index (χ2n) is 4.03. The molecule has 1 rings (SSSR count). The Morgan fingerprint density at radius 3 is 2.83 bits per heavy atom. The van der Waals surface area contributed by atoms with Crippen molar-refractivity contribution in [2.45, 2.75) is 19.9 Å². The lowest BCUT2D eigenvalue weighted by molar-refractivity contribution is 0.185. The van der Waals surface area contributed by atoms with Crippen molar-refractivity contribution in [1.82, 2.24) is 5.43 Å². The van der Waals surface area contributed by atoms with Gasteiger partial charge in [-0.1, -0.05) is 17.7 Å². The Bertz CT molecular complexity index is 423. The average Bonchev–Trinajstić information content (AvgIpc) is 2.31. The van der Waals surface area contributed by atoms with Crippen LogP contribution in [-0.4, -0.2) is 25.7 Å². The van der Waals surface area contributed by atoms with Crippen LogP contribution in [0.1, 0.15) is 12.5 Å². The second-order valence-corrected chi connectivity index (χ2v) is 4.44. The number of hydrazine groups is 1. The summed E-state index contributed by atoms with van der Waals surface area (Å²) in [6.07, 6.45) is 0. The SMILES string of the molecule is COCC(C)N=C(NN)Nc1ccc(C)cc1Cl. The van der Waals surface area contributed by atoms with Crippen molar-refractivity contribution in [1.29, 1.82) is 0 Å². The zero-order chi connectivity index (χ0) is 13.5. The Hall–Kier alpha value is -1.30. The van der Waals surface area contributed by atoms with E-state index in [2.05, 4.69) is 15.7 Å². The predicted octanol–water partition coefficient (Wildman–Crippen LogP) is 1.91. The van der Waals surface area contributed by atoms with Crippen molar-refractivity contribution in [3.05, 3.63) is 28.8 Å². The molecule has 18 heavy (non-hydrogen) atoms. The monoisotopic (exact) mass is 270 g/mol. The highest BCUT2D eigenvalue weighted by Crippen LogP contribution is 2.22. The smallest absolute Gasteiger partial charge is 0.210 e. The number of ether oxygens (including phenoxy) is 1. The van der Waals surface area contributed by atoms with E-state index >= 15 is 0 Å². The minimum Gasteiger partial charge on any atom is -0.382 e. The molecule has 0 aliphatic heterocycles. The van der Waals surface area contributed by atoms with Crippen LogP contribution in [-0.2, 0) is 4.74 Å². The number of guanidine groups is 1. The first-order chi connectivity index (χ1) is 8.56. The van der Waals surface area contributed by atoms with Gasteiger partial charge in [0.05, 0.1) is 23.4 Å². The zero-order valence-electron chi connectivity index (χ0n) is 10.8. The first-order valence-corrected chi connectivity index (χ1v) is 6.01. The topological polar surface area (TPSA) is 71.7 Å². The summed E-state index contributed by atoms with van der Waals surface area (Å²) in [7, 11) is 1.63. The van der Waals surface area contributed by atoms with Gasteiger partial charge in [-0.2, -0.15) is 0 Å². The van der Waals surface area contributed by atoms with Gasteiger partial charge in [-0.25, -0.2) is 10.8 Å². The van der Waals surface area contributed by atoms with Crippen LogP contribution in [0.5, 0.6) is 0 Å². The number of hydrogen-bond donors (Lipinski definition) is 3. The second kappa shape index (κ2) is 7.20. The third-order valence-corrected chi connectivity index (χ3v) is 2.58. The lowest BCUT2D eigenvalue weighted by Gasteiger charge is -2.13. The number of aliphatic imine (C=N–C) groups is 1. The molecule has 0 aliphatic carbocycles. The molecule has 1 aromatic carbocycles. The molecule has 4 N–H and O–H groups in total. The zero-order valence-corrected chi connectivity index (χ0v) is 11.6. The molecule has 0 radical (unpaired) electrons. The van der Waals surface area contributed by atoms with Crippen molar-refractivity contribution in [3.8, 4) is 0 Å². The Kier molecular flexibility index (Phi) is 5.91. The van der Waals surface area contributed by atoms with Crippen LogP contribution in [0, 0.1) is 6.92 Å². The average molecular weight is 271 g/mol. The van der Waals surface area contributed by atoms with E-state index in [9.17, 15) is 0 Å². The van der Waals surface area contributed by atoms with Crippen LogP contribution in [0.15, 0.2) is 23.2 Å². The molecular weight excluding hydrogens is 252 g/mol. The fourth-order valence-electron chi connectivity index (χ4n) is 1.45. The van der Waals surface area contributed by atoms with Gasteiger partial charge < -0.3 is 10.1 Å². The summed E-state index contributed by atoms with van der Waals surface area (Å²) in [4.78, 5) is 4.33. The van der Waals surface area contributed by atoms with E-state index in [0.717, 1.165) is 11.3 Å². The molecule has 0 aromatic heterocycles. The van der Waals surface area contributed by atoms with Gasteiger partial charge in [0.2, 0.25) is 5.96 Å². The fourth-order valence-corrected chi connectivity index (χ4v) is 1.74. The van der Waals surface area contributed by atoms with Crippen molar-refractivity contribution in [2.75, 3.05) is 19.0 Å². The van der Waals surface area contributed by atoms with Crippen molar-refractivity contribution >= 4 is 23.2 Å². The molecular formula is C12H19ClN4O. The van der Waals surface area contributed by atoms with E-state index in [0.29, 0.717) is 17.6 Å². The number of nitrogens with one attached hydrogen (secondary N) is 2. The number of benzene rings is 1. The number of halogens is 1. The summed E-state index contributed by atoms with van der Waals surface area (Å²) in [6.45, 7) is 4.43. The fraction of sp³-hybridized carbons (Fsp3) is 0.417. The van der Waals surface area contributed by atoms with Gasteiger partial charge in [0.1, 0.15) is 0 Å². The molecule has 0 saturated carbocycles. The highest BCUT2D eigenvalue weighted by atomic mass is 35.5. The van der Waals surface area contributed by atoms with Gasteiger partial charge in [0.15, 0.2) is 0 Å². The molecule has 0 spiro atoms. The first kappa shape index (κ1) is 14.8. The number of hydrogen-bond acceptors (Lipinski definition) is 3. The molecule has 5 nitrogen and oxygen atoms in total. The Morgan fingerprint density at radius 2 is 2.28 bits per heavy atom. The van der Waals surface area contributed by atoms with Crippen LogP contribution >= 0.6 is 11.6 Å². The number of nitrogens with zero attached hydrogens (tertiary/aromatic N) is 1. The molecule has 1 aromatic rings. The molecule has 1 atom stereocenters. The van der Waals surface area contributed by atoms with E-state index in [4.69, 9.17) is 22.2 Å². The lowest BCUT2D eigenvalue weighted by atomic mass is 10.2. The molecule has 0 aliphatic rings. The maximum absolute atomic E-state index is 6.12. The molecule has 1 unspecified atom stereocenters. The number of methoxy groups -OCH3 is 1. The quantitative estimate of drug-likeness (QED) is 0.338.